The molecule has 0 unspecified atom stereocenters. The number of nitrogens with one attached hydrogen (secondary N) is 1. The van der Waals surface area contributed by atoms with E-state index in [4.69, 9.17) is 14.9 Å². The molecule has 19 heavy (non-hydrogen) atoms. The summed E-state index contributed by atoms with van der Waals surface area (Å²) in [5.74, 6) is -2.17. The molecule has 0 bridgehead atoms. The minimum absolute atomic E-state index is 0.237. The Morgan fingerprint density at radius 3 is 2.58 bits per heavy atom. The van der Waals surface area contributed by atoms with E-state index in [1.807, 2.05) is 0 Å². The third-order valence-electron chi connectivity index (χ3n) is 3.07. The fraction of sp³-hybridized carbons (Fsp3) is 0.385. The van der Waals surface area contributed by atoms with Crippen LogP contribution in [0.4, 0.5) is 0 Å². The van der Waals surface area contributed by atoms with Crippen molar-refractivity contribution in [3.8, 4) is 5.75 Å². The first-order valence-corrected chi connectivity index (χ1v) is 6.05. The molecule has 1 saturated heterocycles. The summed E-state index contributed by atoms with van der Waals surface area (Å²) in [6.07, 6.45) is 2.13. The highest BCUT2D eigenvalue weighted by atomic mass is 16.5. The normalized spacial score (nSPS) is 18.2. The van der Waals surface area contributed by atoms with Crippen LogP contribution in [0.5, 0.6) is 5.75 Å². The van der Waals surface area contributed by atoms with Crippen molar-refractivity contribution in [1.29, 1.82) is 0 Å². The minimum atomic E-state index is -1.28. The highest BCUT2D eigenvalue weighted by molar-refractivity contribution is 6.01. The van der Waals surface area contributed by atoms with Gasteiger partial charge in [0.25, 0.3) is 0 Å². The van der Waals surface area contributed by atoms with E-state index >= 15 is 0 Å². The van der Waals surface area contributed by atoms with E-state index < -0.39 is 11.9 Å². The molecule has 1 aromatic rings. The van der Waals surface area contributed by atoms with Gasteiger partial charge in [0.1, 0.15) is 12.4 Å². The summed E-state index contributed by atoms with van der Waals surface area (Å²) in [4.78, 5) is 21.9. The second-order valence-corrected chi connectivity index (χ2v) is 4.42. The first kappa shape index (κ1) is 13.4. The van der Waals surface area contributed by atoms with Gasteiger partial charge in [0.15, 0.2) is 0 Å². The van der Waals surface area contributed by atoms with Crippen LogP contribution in [-0.4, -0.2) is 41.3 Å². The number of carbonyl (C=O) groups is 2. The lowest BCUT2D eigenvalue weighted by atomic mass is 10.1. The van der Waals surface area contributed by atoms with Gasteiger partial charge in [0.2, 0.25) is 0 Å². The first-order valence-electron chi connectivity index (χ1n) is 6.05. The zero-order chi connectivity index (χ0) is 13.8. The van der Waals surface area contributed by atoms with Gasteiger partial charge in [0, 0.05) is 6.04 Å². The molecule has 0 spiro atoms. The summed E-state index contributed by atoms with van der Waals surface area (Å²) in [6, 6.07) is 4.25. The smallest absolute Gasteiger partial charge is 0.336 e. The van der Waals surface area contributed by atoms with E-state index in [9.17, 15) is 9.59 Å². The van der Waals surface area contributed by atoms with Crippen LogP contribution in [0.2, 0.25) is 0 Å². The molecule has 1 fully saturated rings. The number of rotatable bonds is 5. The van der Waals surface area contributed by atoms with Gasteiger partial charge in [-0.1, -0.05) is 0 Å². The molecule has 1 aliphatic rings. The summed E-state index contributed by atoms with van der Waals surface area (Å²) in [5.41, 5.74) is -0.497. The van der Waals surface area contributed by atoms with E-state index in [0.29, 0.717) is 12.4 Å². The Bertz CT molecular complexity index is 494. The fourth-order valence-electron chi connectivity index (χ4n) is 2.07. The van der Waals surface area contributed by atoms with Crippen molar-refractivity contribution in [2.24, 2.45) is 0 Å². The zero-order valence-corrected chi connectivity index (χ0v) is 10.3. The number of carboxylic acids is 2. The minimum Gasteiger partial charge on any atom is -0.492 e. The van der Waals surface area contributed by atoms with Crippen LogP contribution in [0.15, 0.2) is 18.2 Å². The maximum Gasteiger partial charge on any atom is 0.336 e. The number of ether oxygens (including phenoxy) is 1. The standard InChI is InChI=1S/C13H15NO5/c15-12(16)10-4-3-9(6-11(10)13(17)18)19-7-8-2-1-5-14-8/h3-4,6,8,14H,1-2,5,7H2,(H,15,16)(H,17,18)/t8-/m0/s1. The van der Waals surface area contributed by atoms with Gasteiger partial charge in [-0.25, -0.2) is 9.59 Å². The molecule has 1 atom stereocenters. The average Bonchev–Trinajstić information content (AvgIpc) is 2.88. The Morgan fingerprint density at radius 1 is 1.26 bits per heavy atom. The molecule has 2 rings (SSSR count). The Labute approximate surface area is 110 Å². The van der Waals surface area contributed by atoms with Crippen molar-refractivity contribution in [3.05, 3.63) is 29.3 Å². The molecule has 0 saturated carbocycles. The molecule has 0 radical (unpaired) electrons. The van der Waals surface area contributed by atoms with Crippen LogP contribution in [0.25, 0.3) is 0 Å². The Kier molecular flexibility index (Phi) is 4.01. The van der Waals surface area contributed by atoms with Gasteiger partial charge < -0.3 is 20.3 Å². The summed E-state index contributed by atoms with van der Waals surface area (Å²) in [6.45, 7) is 1.41. The van der Waals surface area contributed by atoms with E-state index in [0.717, 1.165) is 19.4 Å². The van der Waals surface area contributed by atoms with Crippen LogP contribution in [0, 0.1) is 0 Å². The van der Waals surface area contributed by atoms with E-state index in [1.165, 1.54) is 18.2 Å². The van der Waals surface area contributed by atoms with E-state index in [2.05, 4.69) is 5.32 Å². The predicted molar refractivity (Wildman–Crippen MR) is 66.9 cm³/mol. The molecule has 1 heterocycles. The van der Waals surface area contributed by atoms with Gasteiger partial charge in [-0.05, 0) is 37.6 Å². The van der Waals surface area contributed by atoms with Crippen LogP contribution >= 0.6 is 0 Å². The second-order valence-electron chi connectivity index (χ2n) is 4.42. The summed E-state index contributed by atoms with van der Waals surface area (Å²) in [5, 5.41) is 21.1. The van der Waals surface area contributed by atoms with Gasteiger partial charge in [-0.3, -0.25) is 0 Å². The fourth-order valence-corrected chi connectivity index (χ4v) is 2.07. The monoisotopic (exact) mass is 265 g/mol. The van der Waals surface area contributed by atoms with Crippen molar-refractivity contribution in [2.75, 3.05) is 13.2 Å². The second kappa shape index (κ2) is 5.71. The SMILES string of the molecule is O=C(O)c1ccc(OC[C@@H]2CCCN2)cc1C(=O)O. The molecule has 1 aliphatic heterocycles. The number of aromatic carboxylic acids is 2. The van der Waals surface area contributed by atoms with E-state index in [-0.39, 0.29) is 17.2 Å². The first-order chi connectivity index (χ1) is 9.08. The Hall–Kier alpha value is -2.08. The summed E-state index contributed by atoms with van der Waals surface area (Å²) in [7, 11) is 0. The van der Waals surface area contributed by atoms with E-state index in [1.54, 1.807) is 0 Å². The van der Waals surface area contributed by atoms with Crippen molar-refractivity contribution in [1.82, 2.24) is 5.32 Å². The molecule has 0 aliphatic carbocycles. The molecular weight excluding hydrogens is 250 g/mol. The molecule has 6 heteroatoms. The molecule has 102 valence electrons. The third kappa shape index (κ3) is 3.23. The molecule has 1 aromatic carbocycles. The maximum atomic E-state index is 11.0. The quantitative estimate of drug-likeness (QED) is 0.740. The van der Waals surface area contributed by atoms with Crippen molar-refractivity contribution in [3.63, 3.8) is 0 Å². The van der Waals surface area contributed by atoms with Gasteiger partial charge in [-0.2, -0.15) is 0 Å². The molecule has 0 amide bonds. The zero-order valence-electron chi connectivity index (χ0n) is 10.3. The molecule has 0 aromatic heterocycles. The number of benzene rings is 1. The Balaban J connectivity index is 2.11. The van der Waals surface area contributed by atoms with Gasteiger partial charge in [-0.15, -0.1) is 0 Å². The third-order valence-corrected chi connectivity index (χ3v) is 3.07. The maximum absolute atomic E-state index is 11.0. The topological polar surface area (TPSA) is 95.9 Å². The summed E-state index contributed by atoms with van der Waals surface area (Å²) >= 11 is 0. The Morgan fingerprint density at radius 2 is 2.00 bits per heavy atom. The highest BCUT2D eigenvalue weighted by Gasteiger charge is 2.18. The predicted octanol–water partition coefficient (Wildman–Crippen LogP) is 1.21. The molecular formula is C13H15NO5. The lowest BCUT2D eigenvalue weighted by Crippen LogP contribution is -2.28. The summed E-state index contributed by atoms with van der Waals surface area (Å²) < 4.78 is 5.50. The average molecular weight is 265 g/mol. The van der Waals surface area contributed by atoms with Crippen molar-refractivity contribution in [2.45, 2.75) is 18.9 Å². The molecule has 3 N–H and O–H groups in total. The number of hydrogen-bond acceptors (Lipinski definition) is 4. The van der Waals surface area contributed by atoms with Crippen LogP contribution in [-0.2, 0) is 0 Å². The molecule has 6 nitrogen and oxygen atoms in total. The number of carboxylic acid groups (broad SMARTS) is 2. The highest BCUT2D eigenvalue weighted by Crippen LogP contribution is 2.19. The van der Waals surface area contributed by atoms with Crippen LogP contribution < -0.4 is 10.1 Å². The largest absolute Gasteiger partial charge is 0.492 e. The van der Waals surface area contributed by atoms with Crippen LogP contribution in [0.1, 0.15) is 33.6 Å². The van der Waals surface area contributed by atoms with Crippen molar-refractivity contribution < 1.29 is 24.5 Å². The van der Waals surface area contributed by atoms with Gasteiger partial charge in [0.05, 0.1) is 11.1 Å². The van der Waals surface area contributed by atoms with Crippen molar-refractivity contribution >= 4 is 11.9 Å². The lowest BCUT2D eigenvalue weighted by Gasteiger charge is -2.13. The van der Waals surface area contributed by atoms with Gasteiger partial charge >= 0.3 is 11.9 Å². The van der Waals surface area contributed by atoms with Crippen LogP contribution in [0.3, 0.4) is 0 Å². The number of hydrogen-bond donors (Lipinski definition) is 3. The lowest BCUT2D eigenvalue weighted by molar-refractivity contribution is 0.0651.